The molecule has 1 atom stereocenters. The number of hydrogen-bond donors (Lipinski definition) is 3. The van der Waals surface area contributed by atoms with Gasteiger partial charge in [-0.1, -0.05) is 18.2 Å². The van der Waals surface area contributed by atoms with E-state index in [1.54, 1.807) is 6.20 Å². The summed E-state index contributed by atoms with van der Waals surface area (Å²) in [5, 5.41) is 13.8. The number of guanidine groups is 1. The van der Waals surface area contributed by atoms with Gasteiger partial charge in [-0.05, 0) is 32.9 Å². The second-order valence-electron chi connectivity index (χ2n) is 6.58. The SMILES string of the molecule is CCNC(=NCc1ccn[nH]1)NC1CC(C)(C)Oc2ccccc21.I. The van der Waals surface area contributed by atoms with E-state index in [0.29, 0.717) is 6.54 Å². The predicted octanol–water partition coefficient (Wildman–Crippen LogP) is 3.39. The lowest BCUT2D eigenvalue weighted by atomic mass is 9.90. The highest BCUT2D eigenvalue weighted by molar-refractivity contribution is 14.0. The molecule has 0 bridgehead atoms. The van der Waals surface area contributed by atoms with E-state index in [-0.39, 0.29) is 35.6 Å². The number of fused-ring (bicyclic) bond motifs is 1. The van der Waals surface area contributed by atoms with Crippen molar-refractivity contribution in [2.75, 3.05) is 6.54 Å². The first-order valence-corrected chi connectivity index (χ1v) is 8.38. The molecule has 136 valence electrons. The molecule has 7 heteroatoms. The zero-order valence-electron chi connectivity index (χ0n) is 14.9. The second kappa shape index (κ2) is 8.55. The van der Waals surface area contributed by atoms with Crippen LogP contribution in [-0.4, -0.2) is 28.3 Å². The van der Waals surface area contributed by atoms with Crippen LogP contribution in [0.15, 0.2) is 41.5 Å². The van der Waals surface area contributed by atoms with Crippen LogP contribution in [0.2, 0.25) is 0 Å². The van der Waals surface area contributed by atoms with Crippen molar-refractivity contribution in [1.82, 2.24) is 20.8 Å². The van der Waals surface area contributed by atoms with Crippen molar-refractivity contribution >= 4 is 29.9 Å². The molecular formula is C18H26IN5O. The molecule has 25 heavy (non-hydrogen) atoms. The molecular weight excluding hydrogens is 429 g/mol. The highest BCUT2D eigenvalue weighted by Gasteiger charge is 2.33. The van der Waals surface area contributed by atoms with Crippen LogP contribution in [0, 0.1) is 0 Å². The van der Waals surface area contributed by atoms with E-state index >= 15 is 0 Å². The first kappa shape index (κ1) is 19.6. The molecule has 0 fully saturated rings. The minimum absolute atomic E-state index is 0. The highest BCUT2D eigenvalue weighted by Crippen LogP contribution is 2.39. The summed E-state index contributed by atoms with van der Waals surface area (Å²) in [5.41, 5.74) is 1.94. The maximum absolute atomic E-state index is 6.10. The van der Waals surface area contributed by atoms with Gasteiger partial charge in [-0.25, -0.2) is 4.99 Å². The van der Waals surface area contributed by atoms with E-state index in [9.17, 15) is 0 Å². The monoisotopic (exact) mass is 455 g/mol. The van der Waals surface area contributed by atoms with Crippen molar-refractivity contribution in [2.45, 2.75) is 45.4 Å². The number of ether oxygens (including phenoxy) is 1. The van der Waals surface area contributed by atoms with Crippen LogP contribution in [0.25, 0.3) is 0 Å². The van der Waals surface area contributed by atoms with Crippen LogP contribution in [0.5, 0.6) is 5.75 Å². The van der Waals surface area contributed by atoms with E-state index in [2.05, 4.69) is 52.7 Å². The molecule has 1 unspecified atom stereocenters. The molecule has 0 amide bonds. The Hall–Kier alpha value is -1.77. The fraction of sp³-hybridized carbons (Fsp3) is 0.444. The standard InChI is InChI=1S/C18H25N5O.HI/c1-4-19-17(20-12-13-9-10-21-23-13)22-15-11-18(2,3)24-16-8-6-5-7-14(15)16;/h5-10,15H,4,11-12H2,1-3H3,(H,21,23)(H2,19,20,22);1H. The molecule has 1 aromatic carbocycles. The molecule has 1 aliphatic rings. The maximum Gasteiger partial charge on any atom is 0.192 e. The number of nitrogens with zero attached hydrogens (tertiary/aromatic N) is 2. The Balaban J connectivity index is 0.00000225. The minimum Gasteiger partial charge on any atom is -0.487 e. The van der Waals surface area contributed by atoms with Gasteiger partial charge in [0.1, 0.15) is 11.4 Å². The number of rotatable bonds is 4. The zero-order valence-corrected chi connectivity index (χ0v) is 17.2. The fourth-order valence-electron chi connectivity index (χ4n) is 2.95. The Kier molecular flexibility index (Phi) is 6.69. The number of benzene rings is 1. The maximum atomic E-state index is 6.10. The Bertz CT molecular complexity index is 699. The lowest BCUT2D eigenvalue weighted by Crippen LogP contribution is -2.45. The van der Waals surface area contributed by atoms with Crippen molar-refractivity contribution < 1.29 is 4.74 Å². The Morgan fingerprint density at radius 3 is 2.88 bits per heavy atom. The summed E-state index contributed by atoms with van der Waals surface area (Å²) in [5.74, 6) is 1.74. The molecule has 0 saturated carbocycles. The van der Waals surface area contributed by atoms with Crippen molar-refractivity contribution in [2.24, 2.45) is 4.99 Å². The van der Waals surface area contributed by atoms with Gasteiger partial charge >= 0.3 is 0 Å². The summed E-state index contributed by atoms with van der Waals surface area (Å²) in [7, 11) is 0. The topological polar surface area (TPSA) is 74.3 Å². The average Bonchev–Trinajstić information content (AvgIpc) is 3.05. The molecule has 0 radical (unpaired) electrons. The third-order valence-corrected chi connectivity index (χ3v) is 4.00. The summed E-state index contributed by atoms with van der Waals surface area (Å²) in [6, 6.07) is 10.3. The molecule has 3 N–H and O–H groups in total. The van der Waals surface area contributed by atoms with Crippen molar-refractivity contribution in [3.8, 4) is 5.75 Å². The molecule has 2 aromatic rings. The first-order valence-electron chi connectivity index (χ1n) is 8.38. The first-order chi connectivity index (χ1) is 11.6. The molecule has 0 aliphatic carbocycles. The van der Waals surface area contributed by atoms with Gasteiger partial charge in [0.25, 0.3) is 0 Å². The highest BCUT2D eigenvalue weighted by atomic mass is 127. The average molecular weight is 455 g/mol. The van der Waals surface area contributed by atoms with E-state index in [4.69, 9.17) is 4.74 Å². The number of para-hydroxylation sites is 1. The summed E-state index contributed by atoms with van der Waals surface area (Å²) in [4.78, 5) is 4.65. The molecule has 0 spiro atoms. The summed E-state index contributed by atoms with van der Waals surface area (Å²) < 4.78 is 6.10. The summed E-state index contributed by atoms with van der Waals surface area (Å²) in [6.45, 7) is 7.67. The van der Waals surface area contributed by atoms with Crippen molar-refractivity contribution in [3.63, 3.8) is 0 Å². The van der Waals surface area contributed by atoms with E-state index < -0.39 is 0 Å². The van der Waals surface area contributed by atoms with E-state index in [1.165, 1.54) is 5.56 Å². The lowest BCUT2D eigenvalue weighted by Gasteiger charge is -2.38. The zero-order chi connectivity index (χ0) is 17.0. The summed E-state index contributed by atoms with van der Waals surface area (Å²) in [6.07, 6.45) is 2.61. The smallest absolute Gasteiger partial charge is 0.192 e. The number of hydrogen-bond acceptors (Lipinski definition) is 3. The Morgan fingerprint density at radius 2 is 2.16 bits per heavy atom. The normalized spacial score (nSPS) is 18.5. The lowest BCUT2D eigenvalue weighted by molar-refractivity contribution is 0.0694. The van der Waals surface area contributed by atoms with E-state index in [0.717, 1.165) is 30.4 Å². The van der Waals surface area contributed by atoms with Crippen LogP contribution >= 0.6 is 24.0 Å². The van der Waals surface area contributed by atoms with E-state index in [1.807, 2.05) is 24.3 Å². The number of aliphatic imine (C=N–C) groups is 1. The van der Waals surface area contributed by atoms with Crippen LogP contribution < -0.4 is 15.4 Å². The largest absolute Gasteiger partial charge is 0.487 e. The van der Waals surface area contributed by atoms with Crippen LogP contribution in [0.3, 0.4) is 0 Å². The van der Waals surface area contributed by atoms with Crippen LogP contribution in [0.4, 0.5) is 0 Å². The summed E-state index contributed by atoms with van der Waals surface area (Å²) >= 11 is 0. The number of nitrogens with one attached hydrogen (secondary N) is 3. The molecule has 1 aliphatic heterocycles. The molecule has 1 aromatic heterocycles. The van der Waals surface area contributed by atoms with Gasteiger partial charge in [-0.3, -0.25) is 5.10 Å². The molecule has 0 saturated heterocycles. The number of aromatic amines is 1. The van der Waals surface area contributed by atoms with Crippen LogP contribution in [-0.2, 0) is 6.54 Å². The van der Waals surface area contributed by atoms with Gasteiger partial charge in [0, 0.05) is 24.7 Å². The Labute approximate surface area is 165 Å². The van der Waals surface area contributed by atoms with Gasteiger partial charge in [0.15, 0.2) is 5.96 Å². The predicted molar refractivity (Wildman–Crippen MR) is 110 cm³/mol. The number of H-pyrrole nitrogens is 1. The second-order valence-corrected chi connectivity index (χ2v) is 6.58. The van der Waals surface area contributed by atoms with Gasteiger partial charge < -0.3 is 15.4 Å². The van der Waals surface area contributed by atoms with Gasteiger partial charge in [0.05, 0.1) is 18.3 Å². The number of halogens is 1. The molecule has 2 heterocycles. The van der Waals surface area contributed by atoms with Crippen molar-refractivity contribution in [1.29, 1.82) is 0 Å². The van der Waals surface area contributed by atoms with Crippen LogP contribution in [0.1, 0.15) is 44.5 Å². The Morgan fingerprint density at radius 1 is 1.36 bits per heavy atom. The minimum atomic E-state index is -0.216. The third-order valence-electron chi connectivity index (χ3n) is 4.00. The third kappa shape index (κ3) is 5.10. The fourth-order valence-corrected chi connectivity index (χ4v) is 2.95. The molecule has 6 nitrogen and oxygen atoms in total. The van der Waals surface area contributed by atoms with Crippen molar-refractivity contribution in [3.05, 3.63) is 47.8 Å². The molecule has 3 rings (SSSR count). The van der Waals surface area contributed by atoms with Gasteiger partial charge in [0.2, 0.25) is 0 Å². The quantitative estimate of drug-likeness (QED) is 0.376. The number of aromatic nitrogens is 2. The van der Waals surface area contributed by atoms with Gasteiger partial charge in [-0.15, -0.1) is 24.0 Å². The van der Waals surface area contributed by atoms with Gasteiger partial charge in [-0.2, -0.15) is 5.10 Å².